The summed E-state index contributed by atoms with van der Waals surface area (Å²) in [6.45, 7) is 24.0. The van der Waals surface area contributed by atoms with E-state index in [4.69, 9.17) is 0 Å². The number of hydrogen-bond acceptors (Lipinski definition) is 0. The molecule has 0 amide bonds. The molecule has 0 aliphatic heterocycles. The second-order valence-electron chi connectivity index (χ2n) is 4.22. The molecule has 2 nitrogen and oxygen atoms in total. The van der Waals surface area contributed by atoms with Gasteiger partial charge in [0, 0.05) is 29.7 Å². The van der Waals surface area contributed by atoms with Crippen molar-refractivity contribution in [1.82, 2.24) is 0 Å². The molecule has 2 aromatic heterocycles. The number of pyridine rings is 2. The molecule has 0 aliphatic carbocycles. The van der Waals surface area contributed by atoms with Crippen molar-refractivity contribution in [2.24, 2.45) is 14.1 Å². The van der Waals surface area contributed by atoms with E-state index in [0.717, 1.165) is 0 Å². The lowest BCUT2D eigenvalue weighted by Gasteiger charge is -1.93. The number of fused-ring (bicyclic) bond motifs is 1. The van der Waals surface area contributed by atoms with Crippen molar-refractivity contribution < 1.29 is 9.13 Å². The third-order valence-electron chi connectivity index (χ3n) is 2.77. The molecular weight excluding hydrogens is 364 g/mol. The van der Waals surface area contributed by atoms with Crippen LogP contribution in [0.1, 0.15) is 83.1 Å². The Labute approximate surface area is 190 Å². The molecule has 30 heavy (non-hydrogen) atoms. The van der Waals surface area contributed by atoms with Crippen LogP contribution in [0.3, 0.4) is 0 Å². The van der Waals surface area contributed by atoms with E-state index in [1.165, 1.54) is 10.9 Å². The first-order chi connectivity index (χ1) is 14.8. The summed E-state index contributed by atoms with van der Waals surface area (Å²) in [7, 11) is 4.06. The van der Waals surface area contributed by atoms with Crippen molar-refractivity contribution >= 4 is 10.9 Å². The molecule has 0 bridgehead atoms. The van der Waals surface area contributed by atoms with Crippen molar-refractivity contribution in [3.63, 3.8) is 0 Å². The van der Waals surface area contributed by atoms with Crippen LogP contribution in [0.2, 0.25) is 0 Å². The number of aromatic nitrogens is 2. The Balaban J connectivity index is -0.0000000959. The highest BCUT2D eigenvalue weighted by atomic mass is 14.9. The van der Waals surface area contributed by atoms with E-state index >= 15 is 0 Å². The molecule has 0 unspecified atom stereocenters. The zero-order valence-corrected chi connectivity index (χ0v) is 22.8. The summed E-state index contributed by atoms with van der Waals surface area (Å²) in [5.74, 6) is 0. The number of nitrogens with zero attached hydrogens (tertiary/aromatic N) is 2. The highest BCUT2D eigenvalue weighted by Gasteiger charge is 1.99. The maximum absolute atomic E-state index is 2.12. The van der Waals surface area contributed by atoms with Crippen LogP contribution in [0.5, 0.6) is 0 Å². The number of benzene rings is 1. The maximum Gasteiger partial charge on any atom is 0.212 e. The van der Waals surface area contributed by atoms with Gasteiger partial charge in [-0.25, -0.2) is 9.13 Å². The molecule has 0 radical (unpaired) electrons. The average Bonchev–Trinajstić information content (AvgIpc) is 2.88. The van der Waals surface area contributed by atoms with Crippen LogP contribution in [-0.4, -0.2) is 0 Å². The predicted octanol–water partition coefficient (Wildman–Crippen LogP) is 8.33. The van der Waals surface area contributed by atoms with E-state index in [1.807, 2.05) is 125 Å². The fourth-order valence-electron chi connectivity index (χ4n) is 1.79. The SMILES string of the molecule is CC.CC.CC.CC.CC.CC.C[n+]1cccc2ccccc21.C[n+]1ccccc1. The van der Waals surface area contributed by atoms with Crippen LogP contribution in [-0.2, 0) is 14.1 Å². The van der Waals surface area contributed by atoms with Crippen LogP contribution in [0.4, 0.5) is 0 Å². The quantitative estimate of drug-likeness (QED) is 0.324. The minimum Gasteiger partial charge on any atom is -0.208 e. The van der Waals surface area contributed by atoms with Gasteiger partial charge in [0.2, 0.25) is 5.52 Å². The molecule has 3 aromatic rings. The number of rotatable bonds is 0. The summed E-state index contributed by atoms with van der Waals surface area (Å²) in [4.78, 5) is 0. The highest BCUT2D eigenvalue weighted by molar-refractivity contribution is 5.74. The molecule has 0 aliphatic rings. The summed E-state index contributed by atoms with van der Waals surface area (Å²) in [5, 5.41) is 1.29. The van der Waals surface area contributed by atoms with Crippen LogP contribution in [0.15, 0.2) is 73.2 Å². The van der Waals surface area contributed by atoms with Crippen molar-refractivity contribution in [3.8, 4) is 0 Å². The molecule has 174 valence electrons. The van der Waals surface area contributed by atoms with Crippen LogP contribution < -0.4 is 9.13 Å². The molecule has 0 saturated carbocycles. The normalized spacial score (nSPS) is 7.00. The first kappa shape index (κ1) is 38.4. The Morgan fingerprint density at radius 1 is 0.433 bits per heavy atom. The third kappa shape index (κ3) is 22.1. The lowest BCUT2D eigenvalue weighted by Crippen LogP contribution is -2.27. The van der Waals surface area contributed by atoms with Gasteiger partial charge in [-0.2, -0.15) is 0 Å². The van der Waals surface area contributed by atoms with Crippen molar-refractivity contribution in [1.29, 1.82) is 0 Å². The summed E-state index contributed by atoms with van der Waals surface area (Å²) >= 11 is 0. The molecule has 0 N–H and O–H groups in total. The lowest BCUT2D eigenvalue weighted by atomic mass is 10.2. The highest BCUT2D eigenvalue weighted by Crippen LogP contribution is 2.06. The molecule has 2 heteroatoms. The first-order valence-corrected chi connectivity index (χ1v) is 12.0. The van der Waals surface area contributed by atoms with Crippen molar-refractivity contribution in [3.05, 3.63) is 73.2 Å². The van der Waals surface area contributed by atoms with Gasteiger partial charge in [0.25, 0.3) is 0 Å². The first-order valence-electron chi connectivity index (χ1n) is 12.0. The van der Waals surface area contributed by atoms with E-state index in [-0.39, 0.29) is 0 Å². The van der Waals surface area contributed by atoms with Crippen molar-refractivity contribution in [2.45, 2.75) is 83.1 Å². The molecule has 2 heterocycles. The fraction of sp³-hybridized carbons (Fsp3) is 0.500. The van der Waals surface area contributed by atoms with Gasteiger partial charge in [-0.3, -0.25) is 0 Å². The predicted molar refractivity (Wildman–Crippen MR) is 141 cm³/mol. The molecule has 0 saturated heterocycles. The van der Waals surface area contributed by atoms with Gasteiger partial charge in [-0.15, -0.1) is 0 Å². The van der Waals surface area contributed by atoms with Gasteiger partial charge in [-0.1, -0.05) is 101 Å². The van der Waals surface area contributed by atoms with Gasteiger partial charge in [0.1, 0.15) is 14.1 Å². The molecule has 3 rings (SSSR count). The molecule has 0 atom stereocenters. The standard InChI is InChI=1S/C10H10N.C6H8N.6C2H6/c1-11-8-4-6-9-5-2-3-7-10(9)11;1-7-5-3-2-4-6-7;6*1-2/h2-8H,1H3;2-6H,1H3;6*1-2H3/q2*+1;;;;;;. The van der Waals surface area contributed by atoms with Crippen LogP contribution >= 0.6 is 0 Å². The van der Waals surface area contributed by atoms with E-state index in [9.17, 15) is 0 Å². The van der Waals surface area contributed by atoms with Crippen molar-refractivity contribution in [2.75, 3.05) is 0 Å². The number of aryl methyl sites for hydroxylation is 2. The van der Waals surface area contributed by atoms with E-state index in [0.29, 0.717) is 0 Å². The van der Waals surface area contributed by atoms with E-state index in [1.54, 1.807) is 0 Å². The minimum absolute atomic E-state index is 1.27. The Morgan fingerprint density at radius 2 is 0.833 bits per heavy atom. The van der Waals surface area contributed by atoms with Gasteiger partial charge in [0.05, 0.1) is 0 Å². The number of para-hydroxylation sites is 1. The second kappa shape index (κ2) is 37.5. The third-order valence-corrected chi connectivity index (χ3v) is 2.77. The summed E-state index contributed by atoms with van der Waals surface area (Å²) in [6.07, 6.45) is 6.06. The van der Waals surface area contributed by atoms with Gasteiger partial charge < -0.3 is 0 Å². The summed E-state index contributed by atoms with van der Waals surface area (Å²) in [6, 6.07) is 18.5. The molecular formula is C28H54N2+2. The number of hydrogen-bond donors (Lipinski definition) is 0. The van der Waals surface area contributed by atoms with Gasteiger partial charge in [-0.05, 0) is 12.1 Å². The molecule has 0 spiro atoms. The average molecular weight is 419 g/mol. The second-order valence-corrected chi connectivity index (χ2v) is 4.22. The van der Waals surface area contributed by atoms with E-state index in [2.05, 4.69) is 54.2 Å². The topological polar surface area (TPSA) is 7.76 Å². The monoisotopic (exact) mass is 418 g/mol. The Kier molecular flexibility index (Phi) is 48.0. The fourth-order valence-corrected chi connectivity index (χ4v) is 1.79. The van der Waals surface area contributed by atoms with Gasteiger partial charge in [0.15, 0.2) is 18.6 Å². The largest absolute Gasteiger partial charge is 0.212 e. The smallest absolute Gasteiger partial charge is 0.208 e. The Morgan fingerprint density at radius 3 is 1.20 bits per heavy atom. The Bertz CT molecular complexity index is 614. The summed E-state index contributed by atoms with van der Waals surface area (Å²) in [5.41, 5.74) is 1.27. The molecule has 0 fully saturated rings. The van der Waals surface area contributed by atoms with Gasteiger partial charge >= 0.3 is 0 Å². The van der Waals surface area contributed by atoms with Crippen LogP contribution in [0.25, 0.3) is 10.9 Å². The zero-order chi connectivity index (χ0) is 24.8. The Hall–Kier alpha value is -2.22. The zero-order valence-electron chi connectivity index (χ0n) is 22.8. The lowest BCUT2D eigenvalue weighted by molar-refractivity contribution is -0.671. The maximum atomic E-state index is 2.12. The summed E-state index contributed by atoms with van der Waals surface area (Å²) < 4.78 is 4.12. The van der Waals surface area contributed by atoms with E-state index < -0.39 is 0 Å². The minimum atomic E-state index is 1.27. The van der Waals surface area contributed by atoms with Crippen LogP contribution in [0, 0.1) is 0 Å². The molecule has 1 aromatic carbocycles.